The molecule has 2 heterocycles. The predicted octanol–water partition coefficient (Wildman–Crippen LogP) is 2.56. The molecule has 0 radical (unpaired) electrons. The van der Waals surface area contributed by atoms with E-state index >= 15 is 0 Å². The zero-order valence-corrected chi connectivity index (χ0v) is 14.1. The number of nitrogens with zero attached hydrogens (tertiary/aromatic N) is 4. The molecule has 0 bridgehead atoms. The fourth-order valence-corrected chi connectivity index (χ4v) is 2.84. The van der Waals surface area contributed by atoms with Crippen molar-refractivity contribution in [2.45, 2.75) is 46.1 Å². The van der Waals surface area contributed by atoms with Gasteiger partial charge in [-0.15, -0.1) is 0 Å². The Morgan fingerprint density at radius 3 is 2.76 bits per heavy atom. The van der Waals surface area contributed by atoms with Crippen LogP contribution in [0.15, 0.2) is 6.07 Å². The minimum absolute atomic E-state index is 0.340. The molecular weight excluding hydrogens is 262 g/mol. The third kappa shape index (κ3) is 4.06. The molecule has 1 aromatic heterocycles. The standard InChI is InChI=1S/C16H29N5/c1-6-17-14-10-15(19-16(18-14)12(2)3)21-9-7-8-20(5)11-13(21)4/h10,12-13H,6-9,11H2,1-5H3,(H,17,18,19). The van der Waals surface area contributed by atoms with Crippen molar-refractivity contribution in [1.82, 2.24) is 14.9 Å². The van der Waals surface area contributed by atoms with Gasteiger partial charge in [-0.3, -0.25) is 0 Å². The van der Waals surface area contributed by atoms with E-state index in [9.17, 15) is 0 Å². The Balaban J connectivity index is 2.32. The van der Waals surface area contributed by atoms with Crippen LogP contribution in [0.1, 0.15) is 45.9 Å². The molecule has 1 unspecified atom stereocenters. The van der Waals surface area contributed by atoms with Gasteiger partial charge in [-0.1, -0.05) is 13.8 Å². The Bertz CT molecular complexity index is 460. The average molecular weight is 291 g/mol. The SMILES string of the molecule is CCNc1cc(N2CCCN(C)CC2C)nc(C(C)C)n1. The van der Waals surface area contributed by atoms with Crippen molar-refractivity contribution in [2.75, 3.05) is 43.4 Å². The molecule has 1 fully saturated rings. The normalized spacial score (nSPS) is 20.7. The van der Waals surface area contributed by atoms with Crippen LogP contribution in [-0.4, -0.2) is 54.1 Å². The van der Waals surface area contributed by atoms with Crippen LogP contribution < -0.4 is 10.2 Å². The van der Waals surface area contributed by atoms with Crippen molar-refractivity contribution in [2.24, 2.45) is 0 Å². The van der Waals surface area contributed by atoms with Gasteiger partial charge in [0.05, 0.1) is 0 Å². The second-order valence-corrected chi connectivity index (χ2v) is 6.31. The monoisotopic (exact) mass is 291 g/mol. The van der Waals surface area contributed by atoms with Gasteiger partial charge in [0, 0.05) is 37.7 Å². The fraction of sp³-hybridized carbons (Fsp3) is 0.750. The highest BCUT2D eigenvalue weighted by Gasteiger charge is 2.22. The highest BCUT2D eigenvalue weighted by Crippen LogP contribution is 2.23. The highest BCUT2D eigenvalue weighted by atomic mass is 15.3. The molecular formula is C16H29N5. The second kappa shape index (κ2) is 7.07. The van der Waals surface area contributed by atoms with Gasteiger partial charge in [0.15, 0.2) is 0 Å². The first-order valence-corrected chi connectivity index (χ1v) is 8.09. The van der Waals surface area contributed by atoms with Crippen LogP contribution in [0, 0.1) is 0 Å². The van der Waals surface area contributed by atoms with Crippen LogP contribution in [0.3, 0.4) is 0 Å². The van der Waals surface area contributed by atoms with Crippen LogP contribution in [-0.2, 0) is 0 Å². The summed E-state index contributed by atoms with van der Waals surface area (Å²) in [7, 11) is 2.20. The lowest BCUT2D eigenvalue weighted by Crippen LogP contribution is -2.38. The van der Waals surface area contributed by atoms with Crippen molar-refractivity contribution in [3.63, 3.8) is 0 Å². The van der Waals surface area contributed by atoms with Gasteiger partial charge < -0.3 is 15.1 Å². The number of likely N-dealkylation sites (N-methyl/N-ethyl adjacent to an activating group) is 1. The molecule has 0 amide bonds. The van der Waals surface area contributed by atoms with Gasteiger partial charge in [-0.2, -0.15) is 0 Å². The zero-order valence-electron chi connectivity index (χ0n) is 14.1. The second-order valence-electron chi connectivity index (χ2n) is 6.31. The van der Waals surface area contributed by atoms with E-state index in [4.69, 9.17) is 4.98 Å². The summed E-state index contributed by atoms with van der Waals surface area (Å²) in [5.74, 6) is 3.27. The van der Waals surface area contributed by atoms with Gasteiger partial charge >= 0.3 is 0 Å². The molecule has 1 aromatic rings. The molecule has 5 nitrogen and oxygen atoms in total. The third-order valence-corrected chi connectivity index (χ3v) is 3.95. The maximum absolute atomic E-state index is 4.81. The maximum atomic E-state index is 4.81. The Morgan fingerprint density at radius 2 is 2.10 bits per heavy atom. The molecule has 1 atom stereocenters. The van der Waals surface area contributed by atoms with E-state index in [0.29, 0.717) is 12.0 Å². The van der Waals surface area contributed by atoms with E-state index in [1.807, 2.05) is 0 Å². The van der Waals surface area contributed by atoms with Gasteiger partial charge in [0.25, 0.3) is 0 Å². The van der Waals surface area contributed by atoms with Crippen molar-refractivity contribution in [3.05, 3.63) is 11.9 Å². The van der Waals surface area contributed by atoms with Gasteiger partial charge in [-0.25, -0.2) is 9.97 Å². The fourth-order valence-electron chi connectivity index (χ4n) is 2.84. The van der Waals surface area contributed by atoms with Crippen molar-refractivity contribution in [3.8, 4) is 0 Å². The van der Waals surface area contributed by atoms with E-state index in [1.54, 1.807) is 0 Å². The summed E-state index contributed by atoms with van der Waals surface area (Å²) in [6.45, 7) is 12.9. The molecule has 118 valence electrons. The van der Waals surface area contributed by atoms with Crippen molar-refractivity contribution >= 4 is 11.6 Å². The Morgan fingerprint density at radius 1 is 1.33 bits per heavy atom. The van der Waals surface area contributed by atoms with Crippen molar-refractivity contribution in [1.29, 1.82) is 0 Å². The number of nitrogens with one attached hydrogen (secondary N) is 1. The van der Waals surface area contributed by atoms with Crippen LogP contribution in [0.2, 0.25) is 0 Å². The Hall–Kier alpha value is -1.36. The highest BCUT2D eigenvalue weighted by molar-refractivity contribution is 5.50. The lowest BCUT2D eigenvalue weighted by Gasteiger charge is -2.29. The number of aromatic nitrogens is 2. The molecule has 21 heavy (non-hydrogen) atoms. The lowest BCUT2D eigenvalue weighted by atomic mass is 10.2. The molecule has 2 rings (SSSR count). The molecule has 0 aliphatic carbocycles. The molecule has 0 spiro atoms. The molecule has 5 heteroatoms. The van der Waals surface area contributed by atoms with Crippen LogP contribution in [0.4, 0.5) is 11.6 Å². The van der Waals surface area contributed by atoms with Gasteiger partial charge in [-0.05, 0) is 33.9 Å². The predicted molar refractivity (Wildman–Crippen MR) is 89.2 cm³/mol. The molecule has 1 N–H and O–H groups in total. The summed E-state index contributed by atoms with van der Waals surface area (Å²) in [6, 6.07) is 2.57. The first-order valence-electron chi connectivity index (χ1n) is 8.09. The topological polar surface area (TPSA) is 44.3 Å². The van der Waals surface area contributed by atoms with Gasteiger partial charge in [0.1, 0.15) is 17.5 Å². The summed E-state index contributed by atoms with van der Waals surface area (Å²) in [5.41, 5.74) is 0. The molecule has 1 saturated heterocycles. The number of hydrogen-bond donors (Lipinski definition) is 1. The van der Waals surface area contributed by atoms with E-state index in [0.717, 1.165) is 43.6 Å². The summed E-state index contributed by atoms with van der Waals surface area (Å²) >= 11 is 0. The summed E-state index contributed by atoms with van der Waals surface area (Å²) in [6.07, 6.45) is 1.18. The largest absolute Gasteiger partial charge is 0.370 e. The lowest BCUT2D eigenvalue weighted by molar-refractivity contribution is 0.337. The van der Waals surface area contributed by atoms with E-state index in [2.05, 4.69) is 60.9 Å². The van der Waals surface area contributed by atoms with E-state index in [1.165, 1.54) is 6.42 Å². The number of anilines is 2. The first kappa shape index (κ1) is 16.0. The molecule has 0 saturated carbocycles. The zero-order chi connectivity index (χ0) is 15.4. The first-order chi connectivity index (χ1) is 10.0. The summed E-state index contributed by atoms with van der Waals surface area (Å²) < 4.78 is 0. The molecule has 1 aliphatic heterocycles. The van der Waals surface area contributed by atoms with Crippen LogP contribution in [0.25, 0.3) is 0 Å². The Kier molecular flexibility index (Phi) is 5.39. The van der Waals surface area contributed by atoms with E-state index in [-0.39, 0.29) is 0 Å². The number of hydrogen-bond acceptors (Lipinski definition) is 5. The minimum Gasteiger partial charge on any atom is -0.370 e. The van der Waals surface area contributed by atoms with Crippen LogP contribution in [0.5, 0.6) is 0 Å². The van der Waals surface area contributed by atoms with Gasteiger partial charge in [0.2, 0.25) is 0 Å². The summed E-state index contributed by atoms with van der Waals surface area (Å²) in [5, 5.41) is 3.33. The maximum Gasteiger partial charge on any atom is 0.135 e. The quantitative estimate of drug-likeness (QED) is 0.923. The Labute approximate surface area is 128 Å². The van der Waals surface area contributed by atoms with E-state index < -0.39 is 0 Å². The van der Waals surface area contributed by atoms with Crippen molar-refractivity contribution < 1.29 is 0 Å². The average Bonchev–Trinajstić information content (AvgIpc) is 2.59. The third-order valence-electron chi connectivity index (χ3n) is 3.95. The molecule has 1 aliphatic rings. The number of rotatable bonds is 4. The van der Waals surface area contributed by atoms with Crippen LogP contribution >= 0.6 is 0 Å². The minimum atomic E-state index is 0.340. The molecule has 0 aromatic carbocycles. The smallest absolute Gasteiger partial charge is 0.135 e. The summed E-state index contributed by atoms with van der Waals surface area (Å²) in [4.78, 5) is 14.3.